The summed E-state index contributed by atoms with van der Waals surface area (Å²) in [4.78, 5) is 29.5. The second-order valence-corrected chi connectivity index (χ2v) is 10.3. The number of ether oxygens (including phenoxy) is 1. The summed E-state index contributed by atoms with van der Waals surface area (Å²) in [6, 6.07) is 15.2. The fraction of sp³-hybridized carbons (Fsp3) is 0.481. The van der Waals surface area contributed by atoms with Crippen LogP contribution in [0.4, 0.5) is 0 Å². The van der Waals surface area contributed by atoms with E-state index < -0.39 is 6.04 Å². The van der Waals surface area contributed by atoms with Crippen molar-refractivity contribution < 1.29 is 14.3 Å². The molecule has 3 rings (SSSR count). The highest BCUT2D eigenvalue weighted by Gasteiger charge is 2.30. The average Bonchev–Trinajstić information content (AvgIpc) is 3.35. The SMILES string of the molecule is CCC(C(=O)NC1CCCC1)N(Cc1cccc(OC)c1)C(=O)CCCSc1ccc(Cl)cc1. The normalized spacial score (nSPS) is 14.6. The van der Waals surface area contributed by atoms with Crippen molar-refractivity contribution >= 4 is 35.2 Å². The minimum absolute atomic E-state index is 0.00736. The van der Waals surface area contributed by atoms with Crippen LogP contribution in [0.3, 0.4) is 0 Å². The van der Waals surface area contributed by atoms with E-state index >= 15 is 0 Å². The zero-order chi connectivity index (χ0) is 24.3. The Morgan fingerprint density at radius 2 is 1.91 bits per heavy atom. The molecule has 0 radical (unpaired) electrons. The molecule has 1 unspecified atom stereocenters. The lowest BCUT2D eigenvalue weighted by atomic mass is 10.1. The third kappa shape index (κ3) is 7.95. The van der Waals surface area contributed by atoms with Crippen LogP contribution >= 0.6 is 23.4 Å². The summed E-state index contributed by atoms with van der Waals surface area (Å²) in [5, 5.41) is 3.91. The average molecular weight is 503 g/mol. The molecule has 0 spiro atoms. The molecule has 0 bridgehead atoms. The van der Waals surface area contributed by atoms with Crippen molar-refractivity contribution in [2.24, 2.45) is 0 Å². The molecule has 1 N–H and O–H groups in total. The summed E-state index contributed by atoms with van der Waals surface area (Å²) >= 11 is 7.67. The molecule has 34 heavy (non-hydrogen) atoms. The van der Waals surface area contributed by atoms with E-state index in [0.29, 0.717) is 24.4 Å². The first-order chi connectivity index (χ1) is 16.5. The Balaban J connectivity index is 1.66. The molecule has 1 aliphatic rings. The maximum Gasteiger partial charge on any atom is 0.243 e. The van der Waals surface area contributed by atoms with Gasteiger partial charge in [-0.25, -0.2) is 0 Å². The highest BCUT2D eigenvalue weighted by atomic mass is 35.5. The largest absolute Gasteiger partial charge is 0.497 e. The van der Waals surface area contributed by atoms with Gasteiger partial charge < -0.3 is 15.0 Å². The Labute approximate surface area is 212 Å². The molecule has 184 valence electrons. The third-order valence-corrected chi connectivity index (χ3v) is 7.54. The van der Waals surface area contributed by atoms with Crippen LogP contribution in [-0.4, -0.2) is 41.7 Å². The number of nitrogens with zero attached hydrogens (tertiary/aromatic N) is 1. The Kier molecular flexibility index (Phi) is 10.6. The molecule has 1 aliphatic carbocycles. The van der Waals surface area contributed by atoms with E-state index in [0.717, 1.165) is 54.1 Å². The van der Waals surface area contributed by atoms with Crippen LogP contribution in [0, 0.1) is 0 Å². The van der Waals surface area contributed by atoms with Crippen LogP contribution in [-0.2, 0) is 16.1 Å². The van der Waals surface area contributed by atoms with Gasteiger partial charge in [0.25, 0.3) is 0 Å². The van der Waals surface area contributed by atoms with E-state index in [9.17, 15) is 9.59 Å². The Morgan fingerprint density at radius 3 is 2.59 bits per heavy atom. The predicted molar refractivity (Wildman–Crippen MR) is 139 cm³/mol. The summed E-state index contributed by atoms with van der Waals surface area (Å²) in [7, 11) is 1.63. The van der Waals surface area contributed by atoms with Gasteiger partial charge >= 0.3 is 0 Å². The smallest absolute Gasteiger partial charge is 0.243 e. The second kappa shape index (κ2) is 13.6. The molecule has 2 aromatic carbocycles. The number of carbonyl (C=O) groups is 2. The Bertz CT molecular complexity index is 932. The van der Waals surface area contributed by atoms with Gasteiger partial charge in [0.2, 0.25) is 11.8 Å². The summed E-state index contributed by atoms with van der Waals surface area (Å²) in [6.07, 6.45) is 6.06. The molecule has 0 aliphatic heterocycles. The molecule has 0 saturated heterocycles. The van der Waals surface area contributed by atoms with Crippen molar-refractivity contribution in [3.8, 4) is 5.75 Å². The van der Waals surface area contributed by atoms with Crippen LogP contribution in [0.2, 0.25) is 5.02 Å². The number of carbonyl (C=O) groups excluding carboxylic acids is 2. The summed E-state index contributed by atoms with van der Waals surface area (Å²) in [6.45, 7) is 2.36. The first-order valence-electron chi connectivity index (χ1n) is 12.1. The van der Waals surface area contributed by atoms with E-state index in [1.54, 1.807) is 23.8 Å². The standard InChI is InChI=1S/C27H35ClN2O3S/c1-3-25(27(32)29-22-9-4-5-10-22)30(19-20-8-6-11-23(18-20)33-2)26(31)12-7-17-34-24-15-13-21(28)14-16-24/h6,8,11,13-16,18,22,25H,3-5,7,9-10,12,17,19H2,1-2H3,(H,29,32). The quantitative estimate of drug-likeness (QED) is 0.282. The van der Waals surface area contributed by atoms with Crippen molar-refractivity contribution in [3.05, 3.63) is 59.1 Å². The topological polar surface area (TPSA) is 58.6 Å². The molecular weight excluding hydrogens is 468 g/mol. The lowest BCUT2D eigenvalue weighted by Crippen LogP contribution is -2.50. The second-order valence-electron chi connectivity index (χ2n) is 8.69. The number of hydrogen-bond donors (Lipinski definition) is 1. The highest BCUT2D eigenvalue weighted by molar-refractivity contribution is 7.99. The summed E-state index contributed by atoms with van der Waals surface area (Å²) in [5.41, 5.74) is 0.954. The number of thioether (sulfide) groups is 1. The lowest BCUT2D eigenvalue weighted by Gasteiger charge is -2.31. The minimum Gasteiger partial charge on any atom is -0.497 e. The first kappa shape index (κ1) is 26.4. The number of methoxy groups -OCH3 is 1. The predicted octanol–water partition coefficient (Wildman–Crippen LogP) is 6.09. The number of rotatable bonds is 12. The van der Waals surface area contributed by atoms with Gasteiger partial charge in [-0.2, -0.15) is 0 Å². The van der Waals surface area contributed by atoms with Crippen LogP contribution in [0.15, 0.2) is 53.4 Å². The van der Waals surface area contributed by atoms with Crippen LogP contribution in [0.1, 0.15) is 57.4 Å². The van der Waals surface area contributed by atoms with Crippen molar-refractivity contribution in [2.45, 2.75) is 75.4 Å². The molecule has 2 amide bonds. The van der Waals surface area contributed by atoms with Crippen molar-refractivity contribution in [2.75, 3.05) is 12.9 Å². The van der Waals surface area contributed by atoms with Gasteiger partial charge in [0.1, 0.15) is 11.8 Å². The molecule has 1 atom stereocenters. The van der Waals surface area contributed by atoms with Crippen LogP contribution < -0.4 is 10.1 Å². The van der Waals surface area contributed by atoms with Crippen molar-refractivity contribution in [1.29, 1.82) is 0 Å². The van der Waals surface area contributed by atoms with E-state index in [1.165, 1.54) is 0 Å². The lowest BCUT2D eigenvalue weighted by molar-refractivity contribution is -0.141. The van der Waals surface area contributed by atoms with Crippen molar-refractivity contribution in [3.63, 3.8) is 0 Å². The highest BCUT2D eigenvalue weighted by Crippen LogP contribution is 2.23. The zero-order valence-electron chi connectivity index (χ0n) is 20.1. The van der Waals surface area contributed by atoms with Gasteiger partial charge in [-0.1, -0.05) is 43.5 Å². The first-order valence-corrected chi connectivity index (χ1v) is 13.5. The van der Waals surface area contributed by atoms with Crippen molar-refractivity contribution in [1.82, 2.24) is 10.2 Å². The number of nitrogens with one attached hydrogen (secondary N) is 1. The number of amides is 2. The maximum absolute atomic E-state index is 13.4. The molecule has 5 nitrogen and oxygen atoms in total. The molecule has 1 saturated carbocycles. The molecule has 7 heteroatoms. The molecule has 2 aromatic rings. The van der Waals surface area contributed by atoms with E-state index in [4.69, 9.17) is 16.3 Å². The number of benzene rings is 2. The van der Waals surface area contributed by atoms with Crippen LogP contribution in [0.25, 0.3) is 0 Å². The van der Waals surface area contributed by atoms with Gasteiger partial charge in [0.15, 0.2) is 0 Å². The fourth-order valence-electron chi connectivity index (χ4n) is 4.34. The fourth-order valence-corrected chi connectivity index (χ4v) is 5.32. The van der Waals surface area contributed by atoms with Gasteiger partial charge in [-0.3, -0.25) is 9.59 Å². The van der Waals surface area contributed by atoms with Gasteiger partial charge in [0, 0.05) is 28.9 Å². The molecule has 1 fully saturated rings. The molecule has 0 aromatic heterocycles. The monoisotopic (exact) mass is 502 g/mol. The van der Waals surface area contributed by atoms with Gasteiger partial charge in [-0.05, 0) is 73.4 Å². The maximum atomic E-state index is 13.4. The summed E-state index contributed by atoms with van der Waals surface area (Å²) in [5.74, 6) is 1.53. The van der Waals surface area contributed by atoms with E-state index in [2.05, 4.69) is 5.32 Å². The Morgan fingerprint density at radius 1 is 1.18 bits per heavy atom. The number of hydrogen-bond acceptors (Lipinski definition) is 4. The zero-order valence-corrected chi connectivity index (χ0v) is 21.7. The van der Waals surface area contributed by atoms with Gasteiger partial charge in [0.05, 0.1) is 7.11 Å². The number of halogens is 1. The third-order valence-electron chi connectivity index (χ3n) is 6.19. The van der Waals surface area contributed by atoms with Gasteiger partial charge in [-0.15, -0.1) is 11.8 Å². The van der Waals surface area contributed by atoms with Crippen LogP contribution in [0.5, 0.6) is 5.75 Å². The molecule has 0 heterocycles. The molecular formula is C27H35ClN2O3S. The van der Waals surface area contributed by atoms with E-state index in [1.807, 2.05) is 55.5 Å². The minimum atomic E-state index is -0.483. The van der Waals surface area contributed by atoms with E-state index in [-0.39, 0.29) is 17.9 Å². The Hall–Kier alpha value is -2.18. The summed E-state index contributed by atoms with van der Waals surface area (Å²) < 4.78 is 5.35.